The smallest absolute Gasteiger partial charge is 0.276 e. The lowest BCUT2D eigenvalue weighted by Gasteiger charge is -2.23. The van der Waals surface area contributed by atoms with Gasteiger partial charge < -0.3 is 10.2 Å². The van der Waals surface area contributed by atoms with Gasteiger partial charge in [-0.2, -0.15) is 0 Å². The van der Waals surface area contributed by atoms with Crippen LogP contribution in [0.3, 0.4) is 0 Å². The van der Waals surface area contributed by atoms with Gasteiger partial charge >= 0.3 is 0 Å². The minimum absolute atomic E-state index is 0.0522. The molecule has 0 atom stereocenters. The lowest BCUT2D eigenvalue weighted by Crippen LogP contribution is -2.31. The standard InChI is InChI=1S/C18H25N5O/c1-14-17(20-21-23(14)16-8-11-19-12-9-16)18(24)22(2)13-10-15-6-4-3-5-7-15/h3-7,16,19H,8-13H2,1-2H3. The van der Waals surface area contributed by atoms with E-state index in [4.69, 9.17) is 0 Å². The number of hydrogen-bond acceptors (Lipinski definition) is 4. The first-order valence-corrected chi connectivity index (χ1v) is 8.58. The van der Waals surface area contributed by atoms with Crippen molar-refractivity contribution in [3.05, 3.63) is 47.3 Å². The predicted molar refractivity (Wildman–Crippen MR) is 93.0 cm³/mol. The fraction of sp³-hybridized carbons (Fsp3) is 0.500. The lowest BCUT2D eigenvalue weighted by atomic mass is 10.1. The van der Waals surface area contributed by atoms with Gasteiger partial charge in [0.25, 0.3) is 5.91 Å². The van der Waals surface area contributed by atoms with Crippen LogP contribution in [0.2, 0.25) is 0 Å². The molecule has 1 aliphatic heterocycles. The number of nitrogens with zero attached hydrogens (tertiary/aromatic N) is 4. The van der Waals surface area contributed by atoms with Gasteiger partial charge in [-0.15, -0.1) is 5.10 Å². The van der Waals surface area contributed by atoms with Gasteiger partial charge in [0.05, 0.1) is 11.7 Å². The summed E-state index contributed by atoms with van der Waals surface area (Å²) in [6, 6.07) is 10.5. The van der Waals surface area contributed by atoms with Crippen molar-refractivity contribution >= 4 is 5.91 Å². The van der Waals surface area contributed by atoms with E-state index in [-0.39, 0.29) is 5.91 Å². The Kier molecular flexibility index (Phi) is 5.25. The van der Waals surface area contributed by atoms with Crippen molar-refractivity contribution in [3.8, 4) is 0 Å². The number of piperidine rings is 1. The summed E-state index contributed by atoms with van der Waals surface area (Å²) in [5.41, 5.74) is 2.58. The van der Waals surface area contributed by atoms with Crippen molar-refractivity contribution in [3.63, 3.8) is 0 Å². The quantitative estimate of drug-likeness (QED) is 0.910. The molecular formula is C18H25N5O. The molecule has 0 saturated carbocycles. The Labute approximate surface area is 142 Å². The van der Waals surface area contributed by atoms with Crippen molar-refractivity contribution in [1.82, 2.24) is 25.2 Å². The van der Waals surface area contributed by atoms with Crippen molar-refractivity contribution in [1.29, 1.82) is 0 Å². The van der Waals surface area contributed by atoms with E-state index in [1.807, 2.05) is 36.9 Å². The highest BCUT2D eigenvalue weighted by atomic mass is 16.2. The average Bonchev–Trinajstić information content (AvgIpc) is 3.02. The highest BCUT2D eigenvalue weighted by Crippen LogP contribution is 2.20. The summed E-state index contributed by atoms with van der Waals surface area (Å²) in [5.74, 6) is -0.0522. The number of carbonyl (C=O) groups excluding carboxylic acids is 1. The topological polar surface area (TPSA) is 63.1 Å². The van der Waals surface area contributed by atoms with Crippen LogP contribution in [0.4, 0.5) is 0 Å². The second kappa shape index (κ2) is 7.57. The van der Waals surface area contributed by atoms with Crippen LogP contribution >= 0.6 is 0 Å². The summed E-state index contributed by atoms with van der Waals surface area (Å²) in [7, 11) is 1.83. The molecule has 0 radical (unpaired) electrons. The number of rotatable bonds is 5. The zero-order chi connectivity index (χ0) is 16.9. The van der Waals surface area contributed by atoms with Crippen molar-refractivity contribution < 1.29 is 4.79 Å². The van der Waals surface area contributed by atoms with Crippen LogP contribution in [0.5, 0.6) is 0 Å². The van der Waals surface area contributed by atoms with Gasteiger partial charge in [0.1, 0.15) is 0 Å². The number of benzene rings is 1. The molecule has 0 spiro atoms. The van der Waals surface area contributed by atoms with Gasteiger partial charge in [-0.25, -0.2) is 4.68 Å². The maximum atomic E-state index is 12.7. The van der Waals surface area contributed by atoms with Crippen molar-refractivity contribution in [2.75, 3.05) is 26.7 Å². The minimum atomic E-state index is -0.0522. The van der Waals surface area contributed by atoms with E-state index < -0.39 is 0 Å². The summed E-state index contributed by atoms with van der Waals surface area (Å²) >= 11 is 0. The molecule has 128 valence electrons. The van der Waals surface area contributed by atoms with Crippen molar-refractivity contribution in [2.24, 2.45) is 0 Å². The molecule has 1 fully saturated rings. The monoisotopic (exact) mass is 327 g/mol. The molecular weight excluding hydrogens is 302 g/mol. The third-order valence-electron chi connectivity index (χ3n) is 4.71. The highest BCUT2D eigenvalue weighted by Gasteiger charge is 2.24. The molecule has 6 nitrogen and oxygen atoms in total. The number of likely N-dealkylation sites (N-methyl/N-ethyl adjacent to an activating group) is 1. The van der Waals surface area contributed by atoms with Gasteiger partial charge in [0.2, 0.25) is 0 Å². The molecule has 1 saturated heterocycles. The van der Waals surface area contributed by atoms with Gasteiger partial charge in [0, 0.05) is 13.6 Å². The van der Waals surface area contributed by atoms with Crippen LogP contribution in [0, 0.1) is 6.92 Å². The normalized spacial score (nSPS) is 15.4. The Bertz CT molecular complexity index is 676. The second-order valence-electron chi connectivity index (χ2n) is 6.41. The summed E-state index contributed by atoms with van der Waals surface area (Å²) in [5, 5.41) is 11.8. The van der Waals surface area contributed by atoms with Crippen LogP contribution in [-0.2, 0) is 6.42 Å². The molecule has 1 amide bonds. The summed E-state index contributed by atoms with van der Waals surface area (Å²) in [6.45, 7) is 4.59. The Balaban J connectivity index is 1.65. The second-order valence-corrected chi connectivity index (χ2v) is 6.41. The molecule has 0 bridgehead atoms. The number of nitrogens with one attached hydrogen (secondary N) is 1. The number of carbonyl (C=O) groups is 1. The molecule has 1 aromatic carbocycles. The maximum Gasteiger partial charge on any atom is 0.276 e. The first-order chi connectivity index (χ1) is 11.7. The fourth-order valence-electron chi connectivity index (χ4n) is 3.16. The molecule has 24 heavy (non-hydrogen) atoms. The SMILES string of the molecule is Cc1c(C(=O)N(C)CCc2ccccc2)nnn1C1CCNCC1. The third-order valence-corrected chi connectivity index (χ3v) is 4.71. The first-order valence-electron chi connectivity index (χ1n) is 8.58. The fourth-order valence-corrected chi connectivity index (χ4v) is 3.16. The lowest BCUT2D eigenvalue weighted by molar-refractivity contribution is 0.0790. The van der Waals surface area contributed by atoms with E-state index in [1.165, 1.54) is 5.56 Å². The van der Waals surface area contributed by atoms with Gasteiger partial charge in [-0.05, 0) is 44.8 Å². The molecule has 3 rings (SSSR count). The Morgan fingerprint density at radius 3 is 2.71 bits per heavy atom. The Morgan fingerprint density at radius 2 is 2.00 bits per heavy atom. The van der Waals surface area contributed by atoms with E-state index in [1.54, 1.807) is 4.90 Å². The van der Waals surface area contributed by atoms with E-state index in [9.17, 15) is 4.79 Å². The Morgan fingerprint density at radius 1 is 1.29 bits per heavy atom. The van der Waals surface area contributed by atoms with Gasteiger partial charge in [-0.1, -0.05) is 35.5 Å². The Hall–Kier alpha value is -2.21. The third kappa shape index (κ3) is 3.64. The van der Waals surface area contributed by atoms with Crippen LogP contribution in [0.1, 0.15) is 40.6 Å². The van der Waals surface area contributed by atoms with Crippen LogP contribution < -0.4 is 5.32 Å². The zero-order valence-electron chi connectivity index (χ0n) is 14.4. The van der Waals surface area contributed by atoms with E-state index >= 15 is 0 Å². The maximum absolute atomic E-state index is 12.7. The summed E-state index contributed by atoms with van der Waals surface area (Å²) < 4.78 is 1.93. The summed E-state index contributed by atoms with van der Waals surface area (Å²) in [6.07, 6.45) is 2.90. The molecule has 0 unspecified atom stereocenters. The number of hydrogen-bond donors (Lipinski definition) is 1. The molecule has 0 aliphatic carbocycles. The molecule has 1 aliphatic rings. The van der Waals surface area contributed by atoms with Crippen LogP contribution in [0.15, 0.2) is 30.3 Å². The molecule has 2 heterocycles. The zero-order valence-corrected chi connectivity index (χ0v) is 14.4. The number of aromatic nitrogens is 3. The van der Waals surface area contributed by atoms with E-state index in [0.717, 1.165) is 38.0 Å². The molecule has 1 N–H and O–H groups in total. The minimum Gasteiger partial charge on any atom is -0.340 e. The first kappa shape index (κ1) is 16.6. The van der Waals surface area contributed by atoms with E-state index in [0.29, 0.717) is 18.3 Å². The van der Waals surface area contributed by atoms with Crippen LogP contribution in [0.25, 0.3) is 0 Å². The predicted octanol–water partition coefficient (Wildman–Crippen LogP) is 1.83. The van der Waals surface area contributed by atoms with Crippen LogP contribution in [-0.4, -0.2) is 52.5 Å². The molecule has 6 heteroatoms. The number of amides is 1. The molecule has 1 aromatic heterocycles. The van der Waals surface area contributed by atoms with Crippen molar-refractivity contribution in [2.45, 2.75) is 32.2 Å². The van der Waals surface area contributed by atoms with E-state index in [2.05, 4.69) is 27.8 Å². The largest absolute Gasteiger partial charge is 0.340 e. The summed E-state index contributed by atoms with van der Waals surface area (Å²) in [4.78, 5) is 14.4. The van der Waals surface area contributed by atoms with Gasteiger partial charge in [0.15, 0.2) is 5.69 Å². The highest BCUT2D eigenvalue weighted by molar-refractivity contribution is 5.93. The van der Waals surface area contributed by atoms with Gasteiger partial charge in [-0.3, -0.25) is 4.79 Å². The average molecular weight is 327 g/mol. The molecule has 2 aromatic rings.